The molecular formula is C29H51N. The smallest absolute Gasteiger partial charge is 0.0163 e. The Morgan fingerprint density at radius 3 is 1.70 bits per heavy atom. The number of hydrogen-bond donors (Lipinski definition) is 0. The SMILES string of the molecule is CCCC1CCC(N(C2CCCCC2)C2C3CCCCC3CC3CCCCC32)CC1. The van der Waals surface area contributed by atoms with Crippen molar-refractivity contribution in [3.05, 3.63) is 0 Å². The molecule has 4 atom stereocenters. The van der Waals surface area contributed by atoms with Crippen molar-refractivity contribution in [1.82, 2.24) is 4.90 Å². The van der Waals surface area contributed by atoms with Crippen molar-refractivity contribution in [3.63, 3.8) is 0 Å². The van der Waals surface area contributed by atoms with E-state index in [1.54, 1.807) is 32.1 Å². The Kier molecular flexibility index (Phi) is 7.46. The van der Waals surface area contributed by atoms with Gasteiger partial charge in [0.2, 0.25) is 0 Å². The molecule has 5 saturated carbocycles. The van der Waals surface area contributed by atoms with Crippen LogP contribution >= 0.6 is 0 Å². The zero-order valence-corrected chi connectivity index (χ0v) is 20.2. The van der Waals surface area contributed by atoms with Gasteiger partial charge < -0.3 is 0 Å². The fourth-order valence-corrected chi connectivity index (χ4v) is 9.41. The quantitative estimate of drug-likeness (QED) is 0.437. The van der Waals surface area contributed by atoms with E-state index in [1.807, 2.05) is 0 Å². The van der Waals surface area contributed by atoms with Gasteiger partial charge in [0.25, 0.3) is 0 Å². The van der Waals surface area contributed by atoms with Crippen LogP contribution in [0.2, 0.25) is 0 Å². The maximum absolute atomic E-state index is 3.34. The summed E-state index contributed by atoms with van der Waals surface area (Å²) in [6.45, 7) is 2.40. The summed E-state index contributed by atoms with van der Waals surface area (Å²) in [5.74, 6) is 5.36. The van der Waals surface area contributed by atoms with Crippen molar-refractivity contribution in [2.24, 2.45) is 29.6 Å². The van der Waals surface area contributed by atoms with Crippen LogP contribution in [-0.2, 0) is 0 Å². The largest absolute Gasteiger partial charge is 0.294 e. The van der Waals surface area contributed by atoms with Crippen LogP contribution in [0.4, 0.5) is 0 Å². The lowest BCUT2D eigenvalue weighted by molar-refractivity contribution is -0.0927. The summed E-state index contributed by atoms with van der Waals surface area (Å²) in [5.41, 5.74) is 0. The van der Waals surface area contributed by atoms with E-state index in [0.717, 1.165) is 47.7 Å². The Bertz CT molecular complexity index is 492. The fraction of sp³-hybridized carbons (Fsp3) is 1.00. The first-order valence-corrected chi connectivity index (χ1v) is 14.6. The molecule has 0 heterocycles. The Balaban J connectivity index is 1.42. The summed E-state index contributed by atoms with van der Waals surface area (Å²) in [7, 11) is 0. The molecule has 5 rings (SSSR count). The van der Waals surface area contributed by atoms with Gasteiger partial charge in [-0.3, -0.25) is 4.90 Å². The van der Waals surface area contributed by atoms with Crippen molar-refractivity contribution < 1.29 is 0 Å². The zero-order chi connectivity index (χ0) is 20.3. The molecule has 0 amide bonds. The van der Waals surface area contributed by atoms with Crippen molar-refractivity contribution in [2.75, 3.05) is 0 Å². The molecule has 30 heavy (non-hydrogen) atoms. The maximum Gasteiger partial charge on any atom is 0.0163 e. The van der Waals surface area contributed by atoms with Crippen LogP contribution in [-0.4, -0.2) is 23.0 Å². The topological polar surface area (TPSA) is 3.24 Å². The molecule has 5 aliphatic carbocycles. The lowest BCUT2D eigenvalue weighted by atomic mass is 9.56. The summed E-state index contributed by atoms with van der Waals surface area (Å²) >= 11 is 0. The van der Waals surface area contributed by atoms with E-state index in [2.05, 4.69) is 11.8 Å². The second-order valence-corrected chi connectivity index (χ2v) is 12.3. The monoisotopic (exact) mass is 413 g/mol. The Hall–Kier alpha value is -0.0400. The van der Waals surface area contributed by atoms with Gasteiger partial charge in [0.15, 0.2) is 0 Å². The first-order chi connectivity index (χ1) is 14.8. The minimum absolute atomic E-state index is 0.939. The number of fused-ring (bicyclic) bond motifs is 2. The third-order valence-corrected chi connectivity index (χ3v) is 10.7. The van der Waals surface area contributed by atoms with Crippen molar-refractivity contribution in [1.29, 1.82) is 0 Å². The second kappa shape index (κ2) is 10.3. The Morgan fingerprint density at radius 1 is 0.567 bits per heavy atom. The first kappa shape index (κ1) is 21.8. The minimum atomic E-state index is 0.939. The van der Waals surface area contributed by atoms with Gasteiger partial charge >= 0.3 is 0 Å². The molecule has 0 radical (unpaired) electrons. The van der Waals surface area contributed by atoms with Gasteiger partial charge in [-0.15, -0.1) is 0 Å². The van der Waals surface area contributed by atoms with Gasteiger partial charge in [-0.25, -0.2) is 0 Å². The zero-order valence-electron chi connectivity index (χ0n) is 20.2. The molecule has 0 aliphatic heterocycles. The molecule has 0 spiro atoms. The summed E-state index contributed by atoms with van der Waals surface area (Å²) < 4.78 is 0. The molecule has 4 unspecified atom stereocenters. The lowest BCUT2D eigenvalue weighted by Gasteiger charge is -2.59. The van der Waals surface area contributed by atoms with E-state index in [1.165, 1.54) is 96.3 Å². The molecule has 1 nitrogen and oxygen atoms in total. The van der Waals surface area contributed by atoms with Crippen LogP contribution in [0.3, 0.4) is 0 Å². The summed E-state index contributed by atoms with van der Waals surface area (Å²) in [6, 6.07) is 2.86. The summed E-state index contributed by atoms with van der Waals surface area (Å²) in [6.07, 6.45) is 30.7. The highest BCUT2D eigenvalue weighted by atomic mass is 15.2. The van der Waals surface area contributed by atoms with Crippen LogP contribution in [0.5, 0.6) is 0 Å². The average Bonchev–Trinajstić information content (AvgIpc) is 2.81. The van der Waals surface area contributed by atoms with Crippen molar-refractivity contribution in [2.45, 2.75) is 153 Å². The molecule has 5 aliphatic rings. The van der Waals surface area contributed by atoms with Crippen LogP contribution in [0, 0.1) is 29.6 Å². The molecule has 0 saturated heterocycles. The molecule has 1 heteroatoms. The minimum Gasteiger partial charge on any atom is -0.294 e. The fourth-order valence-electron chi connectivity index (χ4n) is 9.41. The first-order valence-electron chi connectivity index (χ1n) is 14.6. The van der Waals surface area contributed by atoms with E-state index < -0.39 is 0 Å². The van der Waals surface area contributed by atoms with Gasteiger partial charge in [-0.1, -0.05) is 77.6 Å². The third-order valence-electron chi connectivity index (χ3n) is 10.7. The van der Waals surface area contributed by atoms with Crippen LogP contribution in [0.15, 0.2) is 0 Å². The Morgan fingerprint density at radius 2 is 1.10 bits per heavy atom. The van der Waals surface area contributed by atoms with Gasteiger partial charge in [0.1, 0.15) is 0 Å². The van der Waals surface area contributed by atoms with Crippen molar-refractivity contribution in [3.8, 4) is 0 Å². The predicted octanol–water partition coefficient (Wildman–Crippen LogP) is 8.37. The highest BCUT2D eigenvalue weighted by molar-refractivity contribution is 5.03. The number of rotatable bonds is 5. The van der Waals surface area contributed by atoms with Gasteiger partial charge in [0, 0.05) is 18.1 Å². The molecule has 0 N–H and O–H groups in total. The maximum atomic E-state index is 3.34. The van der Waals surface area contributed by atoms with Crippen LogP contribution in [0.25, 0.3) is 0 Å². The van der Waals surface area contributed by atoms with E-state index >= 15 is 0 Å². The molecule has 0 aromatic heterocycles. The molecule has 5 fully saturated rings. The Labute approximate surface area is 188 Å². The molecule has 0 aromatic carbocycles. The highest BCUT2D eigenvalue weighted by Gasteiger charge is 2.50. The van der Waals surface area contributed by atoms with E-state index in [4.69, 9.17) is 0 Å². The van der Waals surface area contributed by atoms with Crippen molar-refractivity contribution >= 4 is 0 Å². The van der Waals surface area contributed by atoms with E-state index in [9.17, 15) is 0 Å². The standard InChI is InChI=1S/C29H51N/c1-2-10-22-17-19-26(20-18-22)30(25-13-4-3-5-14-25)29-27-15-8-6-11-23(27)21-24-12-7-9-16-28(24)29/h22-29H,2-21H2,1H3. The predicted molar refractivity (Wildman–Crippen MR) is 129 cm³/mol. The van der Waals surface area contributed by atoms with E-state index in [0.29, 0.717) is 0 Å². The number of nitrogens with zero attached hydrogens (tertiary/aromatic N) is 1. The third kappa shape index (κ3) is 4.53. The van der Waals surface area contributed by atoms with Gasteiger partial charge in [-0.05, 0) is 87.4 Å². The summed E-state index contributed by atoms with van der Waals surface area (Å²) in [5, 5.41) is 0. The molecular weight excluding hydrogens is 362 g/mol. The van der Waals surface area contributed by atoms with Crippen LogP contribution < -0.4 is 0 Å². The second-order valence-electron chi connectivity index (χ2n) is 12.3. The van der Waals surface area contributed by atoms with Gasteiger partial charge in [-0.2, -0.15) is 0 Å². The average molecular weight is 414 g/mol. The molecule has 0 bridgehead atoms. The van der Waals surface area contributed by atoms with E-state index in [-0.39, 0.29) is 0 Å². The normalized spacial score (nSPS) is 43.2. The van der Waals surface area contributed by atoms with Crippen LogP contribution in [0.1, 0.15) is 135 Å². The van der Waals surface area contributed by atoms with Gasteiger partial charge in [0.05, 0.1) is 0 Å². The summed E-state index contributed by atoms with van der Waals surface area (Å²) in [4.78, 5) is 3.34. The molecule has 0 aromatic rings. The highest BCUT2D eigenvalue weighted by Crippen LogP contribution is 2.53. The molecule has 172 valence electrons. The number of hydrogen-bond acceptors (Lipinski definition) is 1. The lowest BCUT2D eigenvalue weighted by Crippen LogP contribution is -2.61.